The second kappa shape index (κ2) is 6.46. The van der Waals surface area contributed by atoms with Gasteiger partial charge >= 0.3 is 13.1 Å². The van der Waals surface area contributed by atoms with Crippen LogP contribution in [0.2, 0.25) is 0 Å². The monoisotopic (exact) mass is 354 g/mol. The molecule has 2 heterocycles. The number of carbonyl (C=O) groups excluding carboxylic acids is 1. The molecule has 1 saturated heterocycles. The van der Waals surface area contributed by atoms with Gasteiger partial charge in [0.05, 0.1) is 36.4 Å². The molecule has 2 aromatic rings. The SMILES string of the molecule is COC(=O)CC(B1OC(C)(C)C(C)(C)O1)c1c[nH]c2ccc(C#N)cc12. The fourth-order valence-electron chi connectivity index (χ4n) is 3.19. The number of benzene rings is 1. The van der Waals surface area contributed by atoms with Crippen molar-refractivity contribution in [2.45, 2.75) is 51.1 Å². The Kier molecular flexibility index (Phi) is 4.59. The van der Waals surface area contributed by atoms with Crippen molar-refractivity contribution in [1.82, 2.24) is 4.98 Å². The van der Waals surface area contributed by atoms with E-state index in [1.165, 1.54) is 7.11 Å². The number of nitriles is 1. The lowest BCUT2D eigenvalue weighted by Crippen LogP contribution is -2.41. The molecule has 1 aliphatic rings. The van der Waals surface area contributed by atoms with Gasteiger partial charge in [-0.05, 0) is 51.5 Å². The van der Waals surface area contributed by atoms with E-state index < -0.39 is 18.3 Å². The first-order valence-electron chi connectivity index (χ1n) is 8.62. The molecule has 1 atom stereocenters. The van der Waals surface area contributed by atoms with Crippen molar-refractivity contribution in [3.63, 3.8) is 0 Å². The minimum absolute atomic E-state index is 0.122. The summed E-state index contributed by atoms with van der Waals surface area (Å²) in [4.78, 5) is 15.3. The van der Waals surface area contributed by atoms with E-state index in [9.17, 15) is 10.1 Å². The maximum Gasteiger partial charge on any atom is 0.466 e. The third-order valence-electron chi connectivity index (χ3n) is 5.46. The molecule has 0 radical (unpaired) electrons. The van der Waals surface area contributed by atoms with E-state index >= 15 is 0 Å². The van der Waals surface area contributed by atoms with Gasteiger partial charge in [-0.15, -0.1) is 0 Å². The summed E-state index contributed by atoms with van der Waals surface area (Å²) in [6, 6.07) is 7.59. The summed E-state index contributed by atoms with van der Waals surface area (Å²) in [6.45, 7) is 7.91. The number of nitrogens with one attached hydrogen (secondary N) is 1. The zero-order chi connectivity index (χ0) is 19.1. The van der Waals surface area contributed by atoms with E-state index in [-0.39, 0.29) is 18.2 Å². The molecule has 1 fully saturated rings. The number of carbonyl (C=O) groups is 1. The molecule has 136 valence electrons. The lowest BCUT2D eigenvalue weighted by atomic mass is 9.66. The zero-order valence-electron chi connectivity index (χ0n) is 15.8. The Morgan fingerprint density at radius 3 is 2.54 bits per heavy atom. The number of ether oxygens (including phenoxy) is 1. The Bertz CT molecular complexity index is 865. The van der Waals surface area contributed by atoms with E-state index in [1.54, 1.807) is 6.07 Å². The number of rotatable bonds is 4. The van der Waals surface area contributed by atoms with Crippen LogP contribution < -0.4 is 0 Å². The van der Waals surface area contributed by atoms with Crippen molar-refractivity contribution in [2.24, 2.45) is 0 Å². The summed E-state index contributed by atoms with van der Waals surface area (Å²) in [6.07, 6.45) is 1.97. The quantitative estimate of drug-likeness (QED) is 0.673. The van der Waals surface area contributed by atoms with Gasteiger partial charge in [-0.2, -0.15) is 5.26 Å². The molecular formula is C19H23BN2O4. The van der Waals surface area contributed by atoms with Crippen molar-refractivity contribution in [2.75, 3.05) is 7.11 Å². The second-order valence-electron chi connectivity index (χ2n) is 7.63. The highest BCUT2D eigenvalue weighted by molar-refractivity contribution is 6.48. The maximum atomic E-state index is 12.1. The lowest BCUT2D eigenvalue weighted by Gasteiger charge is -2.32. The van der Waals surface area contributed by atoms with Gasteiger partial charge in [0.25, 0.3) is 0 Å². The van der Waals surface area contributed by atoms with E-state index in [1.807, 2.05) is 46.0 Å². The van der Waals surface area contributed by atoms with Gasteiger partial charge in [0.1, 0.15) is 0 Å². The number of H-pyrrole nitrogens is 1. The Hall–Kier alpha value is -2.30. The van der Waals surface area contributed by atoms with Gasteiger partial charge in [0.2, 0.25) is 0 Å². The van der Waals surface area contributed by atoms with Gasteiger partial charge < -0.3 is 19.0 Å². The summed E-state index contributed by atoms with van der Waals surface area (Å²) in [5.41, 5.74) is 1.32. The molecule has 6 nitrogen and oxygen atoms in total. The average molecular weight is 354 g/mol. The van der Waals surface area contributed by atoms with Crippen LogP contribution in [-0.4, -0.2) is 36.4 Å². The van der Waals surface area contributed by atoms with Crippen molar-refractivity contribution < 1.29 is 18.8 Å². The molecule has 0 amide bonds. The molecule has 0 saturated carbocycles. The molecule has 0 spiro atoms. The largest absolute Gasteiger partial charge is 0.469 e. The third kappa shape index (κ3) is 3.11. The Morgan fingerprint density at radius 1 is 1.31 bits per heavy atom. The zero-order valence-corrected chi connectivity index (χ0v) is 15.8. The Morgan fingerprint density at radius 2 is 1.96 bits per heavy atom. The summed E-state index contributed by atoms with van der Waals surface area (Å²) < 4.78 is 17.3. The number of nitrogens with zero attached hydrogens (tertiary/aromatic N) is 1. The van der Waals surface area contributed by atoms with Crippen molar-refractivity contribution in [1.29, 1.82) is 5.26 Å². The second-order valence-corrected chi connectivity index (χ2v) is 7.63. The van der Waals surface area contributed by atoms with Crippen LogP contribution in [-0.2, 0) is 18.8 Å². The first kappa shape index (κ1) is 18.5. The number of methoxy groups -OCH3 is 1. The molecule has 3 rings (SSSR count). The summed E-state index contributed by atoms with van der Waals surface area (Å²) in [5, 5.41) is 10.1. The lowest BCUT2D eigenvalue weighted by molar-refractivity contribution is -0.140. The molecule has 1 unspecified atom stereocenters. The van der Waals surface area contributed by atoms with Gasteiger partial charge in [-0.25, -0.2) is 0 Å². The van der Waals surface area contributed by atoms with Crippen LogP contribution in [0.15, 0.2) is 24.4 Å². The number of aromatic nitrogens is 1. The minimum Gasteiger partial charge on any atom is -0.469 e. The summed E-state index contributed by atoms with van der Waals surface area (Å²) in [7, 11) is 0.774. The molecule has 26 heavy (non-hydrogen) atoms. The highest BCUT2D eigenvalue weighted by atomic mass is 16.7. The van der Waals surface area contributed by atoms with Crippen LogP contribution in [0.5, 0.6) is 0 Å². The first-order chi connectivity index (χ1) is 12.2. The number of fused-ring (bicyclic) bond motifs is 1. The third-order valence-corrected chi connectivity index (χ3v) is 5.46. The predicted octanol–water partition coefficient (Wildman–Crippen LogP) is 3.32. The van der Waals surface area contributed by atoms with Gasteiger partial charge in [-0.1, -0.05) is 0 Å². The highest BCUT2D eigenvalue weighted by Gasteiger charge is 2.54. The number of esters is 1. The summed E-state index contributed by atoms with van der Waals surface area (Å²) >= 11 is 0. The number of hydrogen-bond donors (Lipinski definition) is 1. The van der Waals surface area contributed by atoms with Crippen LogP contribution in [0.4, 0.5) is 0 Å². The fraction of sp³-hybridized carbons (Fsp3) is 0.474. The van der Waals surface area contributed by atoms with E-state index in [0.717, 1.165) is 16.5 Å². The maximum absolute atomic E-state index is 12.1. The van der Waals surface area contributed by atoms with Crippen LogP contribution >= 0.6 is 0 Å². The van der Waals surface area contributed by atoms with Crippen molar-refractivity contribution >= 4 is 24.0 Å². The molecule has 1 aliphatic heterocycles. The van der Waals surface area contributed by atoms with Gasteiger partial charge in [0.15, 0.2) is 0 Å². The molecule has 1 aromatic heterocycles. The van der Waals surface area contributed by atoms with Crippen LogP contribution in [0.1, 0.15) is 51.1 Å². The Labute approximate surface area is 153 Å². The molecule has 1 N–H and O–H groups in total. The van der Waals surface area contributed by atoms with Crippen molar-refractivity contribution in [3.05, 3.63) is 35.5 Å². The van der Waals surface area contributed by atoms with Gasteiger partial charge in [0, 0.05) is 22.9 Å². The first-order valence-corrected chi connectivity index (χ1v) is 8.62. The van der Waals surface area contributed by atoms with E-state index in [4.69, 9.17) is 14.0 Å². The normalized spacial score (nSPS) is 19.3. The van der Waals surface area contributed by atoms with Crippen LogP contribution in [0, 0.1) is 11.3 Å². The summed E-state index contributed by atoms with van der Waals surface area (Å²) in [5.74, 6) is -0.693. The standard InChI is InChI=1S/C19H23BN2O4/c1-18(2)19(3,4)26-20(25-18)15(9-17(23)24-5)14-11-22-16-7-6-12(10-21)8-13(14)16/h6-8,11,15,22H,9H2,1-5H3. The molecule has 7 heteroatoms. The van der Waals surface area contributed by atoms with Gasteiger partial charge in [-0.3, -0.25) is 4.79 Å². The molecular weight excluding hydrogens is 331 g/mol. The molecule has 1 aromatic carbocycles. The Balaban J connectivity index is 2.06. The van der Waals surface area contributed by atoms with E-state index in [2.05, 4.69) is 11.1 Å². The topological polar surface area (TPSA) is 84.3 Å². The average Bonchev–Trinajstić information content (AvgIpc) is 3.09. The van der Waals surface area contributed by atoms with Crippen molar-refractivity contribution in [3.8, 4) is 6.07 Å². The number of hydrogen-bond acceptors (Lipinski definition) is 5. The number of aromatic amines is 1. The molecule has 0 bridgehead atoms. The fourth-order valence-corrected chi connectivity index (χ4v) is 3.19. The molecule has 0 aliphatic carbocycles. The minimum atomic E-state index is -0.594. The smallest absolute Gasteiger partial charge is 0.466 e. The predicted molar refractivity (Wildman–Crippen MR) is 98.5 cm³/mol. The van der Waals surface area contributed by atoms with Crippen LogP contribution in [0.25, 0.3) is 10.9 Å². The van der Waals surface area contributed by atoms with Crippen LogP contribution in [0.3, 0.4) is 0 Å². The highest BCUT2D eigenvalue weighted by Crippen LogP contribution is 2.43. The van der Waals surface area contributed by atoms with E-state index in [0.29, 0.717) is 5.56 Å².